The molecule has 0 radical (unpaired) electrons. The van der Waals surface area contributed by atoms with Crippen LogP contribution in [0.15, 0.2) is 22.7 Å². The van der Waals surface area contributed by atoms with Crippen molar-refractivity contribution in [1.29, 1.82) is 0 Å². The molecule has 2 unspecified atom stereocenters. The quantitative estimate of drug-likeness (QED) is 0.901. The summed E-state index contributed by atoms with van der Waals surface area (Å²) in [4.78, 5) is 0. The Morgan fingerprint density at radius 1 is 1.29 bits per heavy atom. The zero-order valence-electron chi connectivity index (χ0n) is 10.2. The maximum atomic E-state index is 13.5. The van der Waals surface area contributed by atoms with Crippen LogP contribution in [-0.4, -0.2) is 22.4 Å². The fourth-order valence-electron chi connectivity index (χ4n) is 1.61. The van der Waals surface area contributed by atoms with Gasteiger partial charge in [0.05, 0.1) is 12.2 Å². The molecule has 0 aliphatic carbocycles. The van der Waals surface area contributed by atoms with E-state index < -0.39 is 17.6 Å². The Labute approximate surface area is 110 Å². The van der Waals surface area contributed by atoms with Crippen molar-refractivity contribution in [3.05, 3.63) is 34.1 Å². The van der Waals surface area contributed by atoms with Gasteiger partial charge in [-0.15, -0.1) is 0 Å². The van der Waals surface area contributed by atoms with E-state index in [0.29, 0.717) is 5.56 Å². The Kier molecular flexibility index (Phi) is 4.69. The lowest BCUT2D eigenvalue weighted by atomic mass is 9.84. The molecule has 2 N–H and O–H groups in total. The number of hydrogen-bond acceptors (Lipinski definition) is 2. The highest BCUT2D eigenvalue weighted by Gasteiger charge is 2.29. The molecule has 1 aromatic carbocycles. The number of benzene rings is 1. The summed E-state index contributed by atoms with van der Waals surface area (Å²) in [7, 11) is 0. The highest BCUT2D eigenvalue weighted by molar-refractivity contribution is 9.10. The Hall–Kier alpha value is -0.450. The molecule has 0 fully saturated rings. The summed E-state index contributed by atoms with van der Waals surface area (Å²) in [5, 5.41) is 19.8. The summed E-state index contributed by atoms with van der Waals surface area (Å²) in [6, 6.07) is 4.56. The third kappa shape index (κ3) is 4.05. The van der Waals surface area contributed by atoms with Gasteiger partial charge in [0.1, 0.15) is 5.82 Å². The monoisotopic (exact) mass is 304 g/mol. The van der Waals surface area contributed by atoms with Gasteiger partial charge in [0.25, 0.3) is 0 Å². The van der Waals surface area contributed by atoms with E-state index in [9.17, 15) is 14.6 Å². The first kappa shape index (κ1) is 14.6. The minimum absolute atomic E-state index is 0.101. The fraction of sp³-hybridized carbons (Fsp3) is 0.538. The highest BCUT2D eigenvalue weighted by Crippen LogP contribution is 2.25. The summed E-state index contributed by atoms with van der Waals surface area (Å²) in [5.74, 6) is -0.367. The van der Waals surface area contributed by atoms with Crippen molar-refractivity contribution in [3.63, 3.8) is 0 Å². The van der Waals surface area contributed by atoms with Crippen LogP contribution in [0, 0.1) is 11.2 Å². The molecule has 0 saturated carbocycles. The molecule has 2 atom stereocenters. The van der Waals surface area contributed by atoms with Crippen LogP contribution < -0.4 is 0 Å². The van der Waals surface area contributed by atoms with E-state index in [-0.39, 0.29) is 12.2 Å². The first-order chi connectivity index (χ1) is 7.71. The predicted molar refractivity (Wildman–Crippen MR) is 69.3 cm³/mol. The van der Waals surface area contributed by atoms with Crippen LogP contribution >= 0.6 is 15.9 Å². The first-order valence-electron chi connectivity index (χ1n) is 5.52. The SMILES string of the molecule is CC(C)(C)C(O)C(O)Cc1cc(Br)ccc1F. The molecule has 0 aliphatic rings. The van der Waals surface area contributed by atoms with Gasteiger partial charge in [-0.1, -0.05) is 36.7 Å². The molecule has 0 aromatic heterocycles. The van der Waals surface area contributed by atoms with Gasteiger partial charge in [-0.05, 0) is 29.2 Å². The fourth-order valence-corrected chi connectivity index (χ4v) is 2.02. The average Bonchev–Trinajstić information content (AvgIpc) is 2.21. The first-order valence-corrected chi connectivity index (χ1v) is 6.31. The molecule has 0 saturated heterocycles. The van der Waals surface area contributed by atoms with Crippen LogP contribution in [0.1, 0.15) is 26.3 Å². The van der Waals surface area contributed by atoms with Crippen LogP contribution in [0.2, 0.25) is 0 Å². The Bertz CT molecular complexity index is 387. The summed E-state index contributed by atoms with van der Waals surface area (Å²) in [6.45, 7) is 5.49. The van der Waals surface area contributed by atoms with Gasteiger partial charge in [0.2, 0.25) is 0 Å². The number of hydrogen-bond donors (Lipinski definition) is 2. The highest BCUT2D eigenvalue weighted by atomic mass is 79.9. The van der Waals surface area contributed by atoms with Gasteiger partial charge in [-0.25, -0.2) is 4.39 Å². The number of aliphatic hydroxyl groups excluding tert-OH is 2. The van der Waals surface area contributed by atoms with Gasteiger partial charge < -0.3 is 10.2 Å². The van der Waals surface area contributed by atoms with Crippen LogP contribution in [0.3, 0.4) is 0 Å². The maximum Gasteiger partial charge on any atom is 0.126 e. The summed E-state index contributed by atoms with van der Waals surface area (Å²) in [6.07, 6.45) is -1.76. The molecule has 0 heterocycles. The van der Waals surface area contributed by atoms with E-state index in [4.69, 9.17) is 0 Å². The van der Waals surface area contributed by atoms with E-state index in [2.05, 4.69) is 15.9 Å². The van der Waals surface area contributed by atoms with Crippen molar-refractivity contribution < 1.29 is 14.6 Å². The lowest BCUT2D eigenvalue weighted by Crippen LogP contribution is -2.39. The second-order valence-electron chi connectivity index (χ2n) is 5.32. The zero-order chi connectivity index (χ0) is 13.2. The van der Waals surface area contributed by atoms with Crippen LogP contribution in [0.25, 0.3) is 0 Å². The van der Waals surface area contributed by atoms with Crippen molar-refractivity contribution >= 4 is 15.9 Å². The molecule has 0 amide bonds. The van der Waals surface area contributed by atoms with Gasteiger partial charge >= 0.3 is 0 Å². The second kappa shape index (κ2) is 5.46. The molecule has 17 heavy (non-hydrogen) atoms. The molecule has 2 nitrogen and oxygen atoms in total. The summed E-state index contributed by atoms with van der Waals surface area (Å²) < 4.78 is 14.2. The molecule has 4 heteroatoms. The van der Waals surface area contributed by atoms with E-state index in [0.717, 1.165) is 4.47 Å². The lowest BCUT2D eigenvalue weighted by Gasteiger charge is -2.30. The minimum Gasteiger partial charge on any atom is -0.390 e. The summed E-state index contributed by atoms with van der Waals surface area (Å²) in [5.41, 5.74) is -0.0304. The molecular formula is C13H18BrFO2. The molecular weight excluding hydrogens is 287 g/mol. The van der Waals surface area contributed by atoms with Gasteiger partial charge in [0.15, 0.2) is 0 Å². The predicted octanol–water partition coefficient (Wildman–Crippen LogP) is 2.90. The topological polar surface area (TPSA) is 40.5 Å². The Morgan fingerprint density at radius 3 is 2.41 bits per heavy atom. The van der Waals surface area contributed by atoms with E-state index in [1.807, 2.05) is 20.8 Å². The largest absolute Gasteiger partial charge is 0.390 e. The van der Waals surface area contributed by atoms with Gasteiger partial charge in [-0.3, -0.25) is 0 Å². The standard InChI is InChI=1S/C13H18BrFO2/c1-13(2,3)12(17)11(16)7-8-6-9(14)4-5-10(8)15/h4-6,11-12,16-17H,7H2,1-3H3. The molecule has 96 valence electrons. The number of aliphatic hydroxyl groups is 2. The van der Waals surface area contributed by atoms with E-state index in [1.54, 1.807) is 12.1 Å². The van der Waals surface area contributed by atoms with Crippen molar-refractivity contribution in [2.45, 2.75) is 39.4 Å². The maximum absolute atomic E-state index is 13.5. The Balaban J connectivity index is 2.81. The summed E-state index contributed by atoms with van der Waals surface area (Å²) >= 11 is 3.25. The molecule has 0 spiro atoms. The molecule has 1 rings (SSSR count). The molecule has 1 aromatic rings. The molecule has 0 aliphatic heterocycles. The smallest absolute Gasteiger partial charge is 0.126 e. The number of rotatable bonds is 3. The van der Waals surface area contributed by atoms with Gasteiger partial charge in [0, 0.05) is 10.9 Å². The van der Waals surface area contributed by atoms with Crippen molar-refractivity contribution in [2.75, 3.05) is 0 Å². The number of halogens is 2. The Morgan fingerprint density at radius 2 is 1.88 bits per heavy atom. The zero-order valence-corrected chi connectivity index (χ0v) is 11.8. The molecule has 0 bridgehead atoms. The van der Waals surface area contributed by atoms with E-state index >= 15 is 0 Å². The van der Waals surface area contributed by atoms with Crippen LogP contribution in [0.4, 0.5) is 4.39 Å². The lowest BCUT2D eigenvalue weighted by molar-refractivity contribution is -0.0436. The second-order valence-corrected chi connectivity index (χ2v) is 6.23. The van der Waals surface area contributed by atoms with Gasteiger partial charge in [-0.2, -0.15) is 0 Å². The third-order valence-electron chi connectivity index (χ3n) is 2.69. The average molecular weight is 305 g/mol. The van der Waals surface area contributed by atoms with Crippen molar-refractivity contribution in [3.8, 4) is 0 Å². The normalized spacial score (nSPS) is 15.7. The van der Waals surface area contributed by atoms with Crippen LogP contribution in [-0.2, 0) is 6.42 Å². The van der Waals surface area contributed by atoms with Crippen molar-refractivity contribution in [1.82, 2.24) is 0 Å². The van der Waals surface area contributed by atoms with E-state index in [1.165, 1.54) is 6.07 Å². The van der Waals surface area contributed by atoms with Crippen LogP contribution in [0.5, 0.6) is 0 Å². The minimum atomic E-state index is -0.973. The third-order valence-corrected chi connectivity index (χ3v) is 3.18. The van der Waals surface area contributed by atoms with Crippen molar-refractivity contribution in [2.24, 2.45) is 5.41 Å².